The normalized spacial score (nSPS) is 15.4. The number of nitrogens with zero attached hydrogens (tertiary/aromatic N) is 5. The second-order valence-corrected chi connectivity index (χ2v) is 9.18. The van der Waals surface area contributed by atoms with E-state index in [4.69, 9.17) is 11.6 Å². The third kappa shape index (κ3) is 5.76. The number of allylic oxidation sites excluding steroid dienone is 3. The van der Waals surface area contributed by atoms with Crippen LogP contribution in [0.2, 0.25) is 5.15 Å². The Kier molecular flexibility index (Phi) is 7.56. The monoisotopic (exact) mass is 427 g/mol. The zero-order valence-electron chi connectivity index (χ0n) is 16.4. The van der Waals surface area contributed by atoms with Crippen molar-refractivity contribution in [3.05, 3.63) is 29.7 Å². The van der Waals surface area contributed by atoms with E-state index in [0.29, 0.717) is 12.2 Å². The van der Waals surface area contributed by atoms with Crippen LogP contribution in [0.4, 0.5) is 5.69 Å². The molecule has 0 bridgehead atoms. The number of likely N-dealkylation sites (N-methyl/N-ethyl adjacent to an activating group) is 2. The molecule has 0 N–H and O–H groups in total. The molecule has 1 amide bonds. The van der Waals surface area contributed by atoms with Crippen LogP contribution >= 0.6 is 11.6 Å². The zero-order chi connectivity index (χ0) is 20.9. The summed E-state index contributed by atoms with van der Waals surface area (Å²) in [6.07, 6.45) is 8.53. The van der Waals surface area contributed by atoms with Crippen LogP contribution in [0.5, 0.6) is 0 Å². The number of halogens is 1. The van der Waals surface area contributed by atoms with Gasteiger partial charge in [0.2, 0.25) is 15.9 Å². The highest BCUT2D eigenvalue weighted by Gasteiger charge is 2.32. The van der Waals surface area contributed by atoms with Gasteiger partial charge in [-0.1, -0.05) is 11.6 Å². The highest BCUT2D eigenvalue weighted by atomic mass is 35.5. The van der Waals surface area contributed by atoms with Crippen LogP contribution in [-0.4, -0.2) is 61.0 Å². The molecule has 2 rings (SSSR count). The molecule has 28 heavy (non-hydrogen) atoms. The number of aliphatic imine (C=N–C) groups is 1. The van der Waals surface area contributed by atoms with Gasteiger partial charge in [-0.05, 0) is 51.5 Å². The van der Waals surface area contributed by atoms with Gasteiger partial charge in [0.05, 0.1) is 18.5 Å². The molecule has 1 aromatic heterocycles. The molecule has 1 fully saturated rings. The Bertz CT molecular complexity index is 887. The number of carbonyl (C=O) groups excluding carboxylic acids is 1. The predicted molar refractivity (Wildman–Crippen MR) is 113 cm³/mol. The molecule has 0 radical (unpaired) electrons. The summed E-state index contributed by atoms with van der Waals surface area (Å²) in [7, 11) is -2.01. The number of amides is 1. The van der Waals surface area contributed by atoms with E-state index < -0.39 is 10.0 Å². The second-order valence-electron chi connectivity index (χ2n) is 6.70. The van der Waals surface area contributed by atoms with Crippen molar-refractivity contribution in [1.29, 1.82) is 0 Å². The van der Waals surface area contributed by atoms with Gasteiger partial charge in [0.1, 0.15) is 5.69 Å². The summed E-state index contributed by atoms with van der Waals surface area (Å²) in [5, 5.41) is 4.39. The van der Waals surface area contributed by atoms with E-state index in [9.17, 15) is 13.2 Å². The molecule has 0 saturated heterocycles. The van der Waals surface area contributed by atoms with E-state index >= 15 is 0 Å². The Morgan fingerprint density at radius 1 is 1.50 bits per heavy atom. The lowest BCUT2D eigenvalue weighted by atomic mass is 10.4. The summed E-state index contributed by atoms with van der Waals surface area (Å²) >= 11 is 6.24. The molecule has 1 aromatic rings. The summed E-state index contributed by atoms with van der Waals surface area (Å²) in [6, 6.07) is 0. The maximum atomic E-state index is 12.8. The second kappa shape index (κ2) is 9.49. The fourth-order valence-electron chi connectivity index (χ4n) is 2.59. The van der Waals surface area contributed by atoms with Crippen LogP contribution in [0.1, 0.15) is 26.7 Å². The Morgan fingerprint density at radius 3 is 2.75 bits per heavy atom. The van der Waals surface area contributed by atoms with E-state index in [1.54, 1.807) is 30.0 Å². The first-order chi connectivity index (χ1) is 13.2. The highest BCUT2D eigenvalue weighted by Crippen LogP contribution is 2.31. The lowest BCUT2D eigenvalue weighted by Gasteiger charge is -2.23. The van der Waals surface area contributed by atoms with E-state index in [-0.39, 0.29) is 29.3 Å². The number of sulfonamides is 1. The number of hydrogen-bond acceptors (Lipinski definition) is 5. The Balaban J connectivity index is 2.15. The van der Waals surface area contributed by atoms with Crippen molar-refractivity contribution >= 4 is 45.6 Å². The van der Waals surface area contributed by atoms with Crippen LogP contribution in [0, 0.1) is 5.92 Å². The summed E-state index contributed by atoms with van der Waals surface area (Å²) in [5.41, 5.74) is 1.20. The topological polar surface area (TPSA) is 87.9 Å². The Hall–Kier alpha value is -1.97. The molecule has 0 atom stereocenters. The molecule has 1 aliphatic carbocycles. The average molecular weight is 428 g/mol. The minimum atomic E-state index is -3.45. The molecule has 1 aliphatic rings. The van der Waals surface area contributed by atoms with Crippen LogP contribution in [0.25, 0.3) is 5.70 Å². The fraction of sp³-hybridized carbons (Fsp3) is 0.500. The summed E-state index contributed by atoms with van der Waals surface area (Å²) < 4.78 is 27.3. The molecular formula is C18H26ClN5O3S. The highest BCUT2D eigenvalue weighted by molar-refractivity contribution is 7.89. The summed E-state index contributed by atoms with van der Waals surface area (Å²) in [6.45, 7) is 7.08. The quantitative estimate of drug-likeness (QED) is 0.424. The number of anilines is 1. The molecule has 8 nitrogen and oxygen atoms in total. The van der Waals surface area contributed by atoms with Crippen molar-refractivity contribution < 1.29 is 13.2 Å². The standard InChI is InChI=1S/C18H26ClN5O3S/c1-5-23(17(25)12-22(4)28(26,27)13-15-8-9-15)16-11-24(21-18(16)19)14(2)7-6-10-20-3/h6-7,10-11,15H,3,5,8-9,12-13H2,1-2,4H3/b10-6-,14-7+. The van der Waals surface area contributed by atoms with Crippen molar-refractivity contribution in [3.8, 4) is 0 Å². The van der Waals surface area contributed by atoms with Crippen molar-refractivity contribution in [1.82, 2.24) is 14.1 Å². The van der Waals surface area contributed by atoms with Gasteiger partial charge in [-0.25, -0.2) is 13.1 Å². The van der Waals surface area contributed by atoms with Gasteiger partial charge in [0, 0.05) is 25.5 Å². The van der Waals surface area contributed by atoms with Crippen LogP contribution in [0.15, 0.2) is 29.5 Å². The van der Waals surface area contributed by atoms with Crippen molar-refractivity contribution in [2.24, 2.45) is 10.9 Å². The average Bonchev–Trinajstić information content (AvgIpc) is 3.35. The first-order valence-electron chi connectivity index (χ1n) is 8.98. The molecule has 0 unspecified atom stereocenters. The predicted octanol–water partition coefficient (Wildman–Crippen LogP) is 2.64. The van der Waals surface area contributed by atoms with E-state index in [2.05, 4.69) is 16.8 Å². The molecule has 1 saturated carbocycles. The van der Waals surface area contributed by atoms with Gasteiger partial charge < -0.3 is 4.90 Å². The minimum Gasteiger partial charge on any atom is -0.307 e. The summed E-state index contributed by atoms with van der Waals surface area (Å²) in [4.78, 5) is 17.8. The van der Waals surface area contributed by atoms with Gasteiger partial charge >= 0.3 is 0 Å². The molecule has 154 valence electrons. The van der Waals surface area contributed by atoms with Gasteiger partial charge in [-0.15, -0.1) is 0 Å². The molecule has 0 aliphatic heterocycles. The van der Waals surface area contributed by atoms with Gasteiger partial charge in [0.15, 0.2) is 5.15 Å². The molecule has 10 heteroatoms. The number of hydrogen-bond donors (Lipinski definition) is 0. The van der Waals surface area contributed by atoms with Crippen molar-refractivity contribution in [2.45, 2.75) is 26.7 Å². The first kappa shape index (κ1) is 22.3. The number of aromatic nitrogens is 2. The first-order valence-corrected chi connectivity index (χ1v) is 11.0. The molecular weight excluding hydrogens is 402 g/mol. The van der Waals surface area contributed by atoms with E-state index in [1.165, 1.54) is 18.1 Å². The SMILES string of the molecule is C=N/C=C\C=C(/C)n1cc(N(CC)C(=O)CN(C)S(=O)(=O)CC2CC2)c(Cl)n1. The molecule has 1 heterocycles. The smallest absolute Gasteiger partial charge is 0.242 e. The molecule has 0 spiro atoms. The largest absolute Gasteiger partial charge is 0.307 e. The number of rotatable bonds is 10. The van der Waals surface area contributed by atoms with E-state index in [1.807, 2.05) is 6.92 Å². The van der Waals surface area contributed by atoms with Crippen molar-refractivity contribution in [2.75, 3.05) is 30.8 Å². The van der Waals surface area contributed by atoms with Crippen LogP contribution in [-0.2, 0) is 14.8 Å². The Labute approximate surface area is 171 Å². The van der Waals surface area contributed by atoms with Gasteiger partial charge in [-0.3, -0.25) is 9.79 Å². The maximum Gasteiger partial charge on any atom is 0.242 e. The van der Waals surface area contributed by atoms with Crippen molar-refractivity contribution in [3.63, 3.8) is 0 Å². The van der Waals surface area contributed by atoms with E-state index in [0.717, 1.165) is 22.8 Å². The maximum absolute atomic E-state index is 12.8. The third-order valence-corrected chi connectivity index (χ3v) is 6.67. The minimum absolute atomic E-state index is 0.0959. The lowest BCUT2D eigenvalue weighted by Crippen LogP contribution is -2.42. The van der Waals surface area contributed by atoms with Crippen LogP contribution in [0.3, 0.4) is 0 Å². The van der Waals surface area contributed by atoms with Crippen LogP contribution < -0.4 is 4.90 Å². The lowest BCUT2D eigenvalue weighted by molar-refractivity contribution is -0.118. The van der Waals surface area contributed by atoms with Gasteiger partial charge in [0.25, 0.3) is 0 Å². The fourth-order valence-corrected chi connectivity index (χ4v) is 4.31. The van der Waals surface area contributed by atoms with Gasteiger partial charge in [-0.2, -0.15) is 9.40 Å². The molecule has 0 aromatic carbocycles. The Morgan fingerprint density at radius 2 is 2.18 bits per heavy atom. The zero-order valence-corrected chi connectivity index (χ0v) is 17.9. The number of carbonyl (C=O) groups is 1. The third-order valence-electron chi connectivity index (χ3n) is 4.43. The summed E-state index contributed by atoms with van der Waals surface area (Å²) in [5.74, 6) is -0.0422.